The lowest BCUT2D eigenvalue weighted by atomic mass is 10.1. The van der Waals surface area contributed by atoms with Crippen LogP contribution >= 0.6 is 24.0 Å². The number of rotatable bonds is 9. The van der Waals surface area contributed by atoms with Crippen LogP contribution in [-0.2, 0) is 11.3 Å². The molecule has 1 aromatic heterocycles. The third-order valence-corrected chi connectivity index (χ3v) is 4.94. The van der Waals surface area contributed by atoms with Gasteiger partial charge in [-0.1, -0.05) is 41.0 Å². The molecule has 0 atom stereocenters. The van der Waals surface area contributed by atoms with E-state index in [0.717, 1.165) is 16.9 Å². The van der Waals surface area contributed by atoms with E-state index in [1.807, 2.05) is 66.7 Å². The van der Waals surface area contributed by atoms with Crippen molar-refractivity contribution in [2.45, 2.75) is 13.0 Å². The Balaban J connectivity index is 0.00000306. The fourth-order valence-electron chi connectivity index (χ4n) is 3.02. The second kappa shape index (κ2) is 11.5. The highest BCUT2D eigenvalue weighted by Crippen LogP contribution is 2.30. The fraction of sp³-hybridized carbons (Fsp3) is 0.125. The summed E-state index contributed by atoms with van der Waals surface area (Å²) >= 11 is 6.42. The Morgan fingerprint density at radius 3 is 2.45 bits per heavy atom. The molecule has 170 valence electrons. The first-order chi connectivity index (χ1) is 15.6. The van der Waals surface area contributed by atoms with Gasteiger partial charge in [0.25, 0.3) is 5.89 Å². The lowest BCUT2D eigenvalue weighted by molar-refractivity contribution is -0.136. The summed E-state index contributed by atoms with van der Waals surface area (Å²) in [6, 6.07) is 22.4. The first-order valence-corrected chi connectivity index (χ1v) is 10.3. The molecule has 0 aliphatic heterocycles. The number of hydrogen-bond donors (Lipinski definition) is 2. The summed E-state index contributed by atoms with van der Waals surface area (Å²) < 4.78 is 11.2. The van der Waals surface area contributed by atoms with E-state index in [4.69, 9.17) is 26.0 Å². The number of benzene rings is 3. The van der Waals surface area contributed by atoms with E-state index in [2.05, 4.69) is 15.5 Å². The Hall–Kier alpha value is -3.39. The first-order valence-electron chi connectivity index (χ1n) is 9.97. The zero-order chi connectivity index (χ0) is 22.3. The molecule has 7 nitrogen and oxygen atoms in total. The number of para-hydroxylation sites is 1. The molecular weight excluding hydrogens is 465 g/mol. The fourth-order valence-corrected chi connectivity index (χ4v) is 3.31. The number of carboxylic acids is 1. The lowest BCUT2D eigenvalue weighted by Crippen LogP contribution is -2.17. The number of nitrogens with zero attached hydrogens (tertiary/aromatic N) is 2. The quantitative estimate of drug-likeness (QED) is 0.287. The molecule has 4 rings (SSSR count). The van der Waals surface area contributed by atoms with Gasteiger partial charge in [0.2, 0.25) is 5.82 Å². The predicted octanol–water partition coefficient (Wildman–Crippen LogP) is 5.84. The standard InChI is InChI=1S/C24H20ClN3O4.ClH/c25-21-14-16(15-26-13-12-22(29)30)6-11-20(21)23-27-24(32-28-23)17-7-9-19(10-8-17)31-18-4-2-1-3-5-18;/h1-11,14,26H,12-13,15H2,(H,29,30);1H. The van der Waals surface area contributed by atoms with Crippen LogP contribution in [0, 0.1) is 0 Å². The molecule has 33 heavy (non-hydrogen) atoms. The molecule has 9 heteroatoms. The molecule has 0 amide bonds. The Kier molecular flexibility index (Phi) is 8.43. The number of aromatic nitrogens is 2. The van der Waals surface area contributed by atoms with Gasteiger partial charge >= 0.3 is 5.97 Å². The van der Waals surface area contributed by atoms with Gasteiger partial charge in [-0.15, -0.1) is 12.4 Å². The van der Waals surface area contributed by atoms with Gasteiger partial charge in [0, 0.05) is 24.2 Å². The van der Waals surface area contributed by atoms with Gasteiger partial charge in [-0.05, 0) is 54.1 Å². The molecule has 0 fully saturated rings. The van der Waals surface area contributed by atoms with Crippen LogP contribution in [0.5, 0.6) is 11.5 Å². The molecular formula is C24H21Cl2N3O4. The van der Waals surface area contributed by atoms with Crippen molar-refractivity contribution < 1.29 is 19.2 Å². The molecule has 4 aromatic rings. The third-order valence-electron chi connectivity index (χ3n) is 4.63. The monoisotopic (exact) mass is 485 g/mol. The number of hydrogen-bond acceptors (Lipinski definition) is 6. The average Bonchev–Trinajstić information content (AvgIpc) is 3.28. The second-order valence-electron chi connectivity index (χ2n) is 7.00. The van der Waals surface area contributed by atoms with Crippen molar-refractivity contribution in [3.63, 3.8) is 0 Å². The molecule has 0 bridgehead atoms. The number of nitrogens with one attached hydrogen (secondary N) is 1. The molecule has 0 aliphatic carbocycles. The molecule has 0 saturated heterocycles. The van der Waals surface area contributed by atoms with Crippen molar-refractivity contribution in [1.29, 1.82) is 0 Å². The Morgan fingerprint density at radius 2 is 1.76 bits per heavy atom. The maximum absolute atomic E-state index is 10.6. The van der Waals surface area contributed by atoms with Crippen LogP contribution in [-0.4, -0.2) is 27.8 Å². The number of carbonyl (C=O) groups is 1. The van der Waals surface area contributed by atoms with Crippen LogP contribution in [0.2, 0.25) is 5.02 Å². The summed E-state index contributed by atoms with van der Waals surface area (Å²) in [6.45, 7) is 0.903. The smallest absolute Gasteiger partial charge is 0.304 e. The van der Waals surface area contributed by atoms with E-state index in [9.17, 15) is 4.79 Å². The SMILES string of the molecule is Cl.O=C(O)CCNCc1ccc(-c2noc(-c3ccc(Oc4ccccc4)cc3)n2)c(Cl)c1. The molecule has 1 heterocycles. The summed E-state index contributed by atoms with van der Waals surface area (Å²) in [5.74, 6) is 1.39. The summed E-state index contributed by atoms with van der Waals surface area (Å²) in [6.07, 6.45) is 0.0663. The third kappa shape index (κ3) is 6.55. The highest BCUT2D eigenvalue weighted by atomic mass is 35.5. The summed E-state index contributed by atoms with van der Waals surface area (Å²) in [7, 11) is 0. The van der Waals surface area contributed by atoms with Crippen LogP contribution in [0.1, 0.15) is 12.0 Å². The average molecular weight is 486 g/mol. The van der Waals surface area contributed by atoms with Gasteiger partial charge < -0.3 is 19.7 Å². The zero-order valence-corrected chi connectivity index (χ0v) is 19.0. The van der Waals surface area contributed by atoms with E-state index in [-0.39, 0.29) is 18.8 Å². The van der Waals surface area contributed by atoms with Crippen molar-refractivity contribution in [2.24, 2.45) is 0 Å². The minimum absolute atomic E-state index is 0. The minimum atomic E-state index is -0.836. The maximum atomic E-state index is 10.6. The van der Waals surface area contributed by atoms with Gasteiger partial charge in [-0.25, -0.2) is 0 Å². The number of ether oxygens (including phenoxy) is 1. The Bertz CT molecular complexity index is 1200. The maximum Gasteiger partial charge on any atom is 0.304 e. The van der Waals surface area contributed by atoms with Crippen LogP contribution < -0.4 is 10.1 Å². The highest BCUT2D eigenvalue weighted by Gasteiger charge is 2.14. The predicted molar refractivity (Wildman–Crippen MR) is 128 cm³/mol. The van der Waals surface area contributed by atoms with E-state index in [0.29, 0.717) is 41.1 Å². The van der Waals surface area contributed by atoms with Crippen LogP contribution in [0.15, 0.2) is 77.3 Å². The number of carboxylic acid groups (broad SMARTS) is 1. The van der Waals surface area contributed by atoms with Crippen molar-refractivity contribution in [1.82, 2.24) is 15.5 Å². The van der Waals surface area contributed by atoms with Crippen LogP contribution in [0.25, 0.3) is 22.8 Å². The lowest BCUT2D eigenvalue weighted by Gasteiger charge is -2.06. The van der Waals surface area contributed by atoms with Crippen molar-refractivity contribution in [2.75, 3.05) is 6.54 Å². The van der Waals surface area contributed by atoms with E-state index in [1.165, 1.54) is 0 Å². The number of halogens is 2. The summed E-state index contributed by atoms with van der Waals surface area (Å²) in [5.41, 5.74) is 2.35. The molecule has 0 aliphatic rings. The van der Waals surface area contributed by atoms with Gasteiger partial charge in [-0.2, -0.15) is 4.98 Å². The van der Waals surface area contributed by atoms with E-state index < -0.39 is 5.97 Å². The molecule has 0 saturated carbocycles. The largest absolute Gasteiger partial charge is 0.481 e. The van der Waals surface area contributed by atoms with E-state index >= 15 is 0 Å². The van der Waals surface area contributed by atoms with Gasteiger partial charge in [0.15, 0.2) is 0 Å². The Labute approximate surface area is 201 Å². The van der Waals surface area contributed by atoms with Gasteiger partial charge in [-0.3, -0.25) is 4.79 Å². The highest BCUT2D eigenvalue weighted by molar-refractivity contribution is 6.33. The molecule has 0 radical (unpaired) electrons. The summed E-state index contributed by atoms with van der Waals surface area (Å²) in [5, 5.41) is 16.3. The van der Waals surface area contributed by atoms with Crippen LogP contribution in [0.4, 0.5) is 0 Å². The number of aliphatic carboxylic acids is 1. The minimum Gasteiger partial charge on any atom is -0.481 e. The molecule has 0 unspecified atom stereocenters. The topological polar surface area (TPSA) is 97.5 Å². The molecule has 3 aromatic carbocycles. The van der Waals surface area contributed by atoms with Crippen molar-refractivity contribution >= 4 is 30.0 Å². The van der Waals surface area contributed by atoms with Gasteiger partial charge in [0.05, 0.1) is 11.4 Å². The Morgan fingerprint density at radius 1 is 1.03 bits per heavy atom. The summed E-state index contributed by atoms with van der Waals surface area (Å²) in [4.78, 5) is 15.0. The zero-order valence-electron chi connectivity index (χ0n) is 17.4. The second-order valence-corrected chi connectivity index (χ2v) is 7.40. The van der Waals surface area contributed by atoms with Crippen molar-refractivity contribution in [3.8, 4) is 34.3 Å². The first kappa shape index (κ1) is 24.3. The van der Waals surface area contributed by atoms with Crippen molar-refractivity contribution in [3.05, 3.63) is 83.4 Å². The van der Waals surface area contributed by atoms with Gasteiger partial charge in [0.1, 0.15) is 11.5 Å². The normalized spacial score (nSPS) is 10.5. The van der Waals surface area contributed by atoms with Crippen LogP contribution in [0.3, 0.4) is 0 Å². The molecule has 0 spiro atoms. The van der Waals surface area contributed by atoms with E-state index in [1.54, 1.807) is 6.07 Å². The molecule has 2 N–H and O–H groups in total.